The van der Waals surface area contributed by atoms with Crippen LogP contribution in [-0.2, 0) is 14.8 Å². The number of hydrogen-bond donors (Lipinski definition) is 3. The second-order valence-electron chi connectivity index (χ2n) is 5.54. The maximum absolute atomic E-state index is 11.4. The Kier molecular flexibility index (Phi) is 6.21. The Hall–Kier alpha value is -1.32. The van der Waals surface area contributed by atoms with E-state index in [9.17, 15) is 13.2 Å². The van der Waals surface area contributed by atoms with Crippen LogP contribution < -0.4 is 15.8 Å². The molecule has 0 unspecified atom stereocenters. The van der Waals surface area contributed by atoms with Crippen LogP contribution in [0.25, 0.3) is 0 Å². The number of primary sulfonamides is 1. The topological polar surface area (TPSA) is 111 Å². The highest BCUT2D eigenvalue weighted by molar-refractivity contribution is 9.10. The molecule has 0 spiro atoms. The zero-order valence-corrected chi connectivity index (χ0v) is 15.0. The molecule has 9 heteroatoms. The molecule has 0 atom stereocenters. The Balaban J connectivity index is 2.48. The van der Waals surface area contributed by atoms with E-state index >= 15 is 0 Å². The van der Waals surface area contributed by atoms with Crippen molar-refractivity contribution < 1.29 is 17.9 Å². The van der Waals surface area contributed by atoms with Crippen LogP contribution in [0.4, 0.5) is 10.5 Å². The van der Waals surface area contributed by atoms with E-state index in [0.29, 0.717) is 23.2 Å². The van der Waals surface area contributed by atoms with Crippen LogP contribution in [0.2, 0.25) is 0 Å². The predicted octanol–water partition coefficient (Wildman–Crippen LogP) is 2.03. The van der Waals surface area contributed by atoms with E-state index in [1.54, 1.807) is 26.8 Å². The van der Waals surface area contributed by atoms with Crippen molar-refractivity contribution in [2.75, 3.05) is 18.4 Å². The number of benzene rings is 1. The smallest absolute Gasteiger partial charge is 0.407 e. The van der Waals surface area contributed by atoms with E-state index < -0.39 is 21.7 Å². The number of carbonyl (C=O) groups is 1. The van der Waals surface area contributed by atoms with Gasteiger partial charge in [0.2, 0.25) is 10.0 Å². The molecule has 0 bridgehead atoms. The Bertz CT molecular complexity index is 641. The van der Waals surface area contributed by atoms with Crippen molar-refractivity contribution in [1.29, 1.82) is 0 Å². The van der Waals surface area contributed by atoms with E-state index in [2.05, 4.69) is 26.6 Å². The monoisotopic (exact) mass is 393 g/mol. The number of sulfonamides is 1. The molecular weight excluding hydrogens is 374 g/mol. The lowest BCUT2D eigenvalue weighted by Gasteiger charge is -2.19. The van der Waals surface area contributed by atoms with E-state index in [0.717, 1.165) is 0 Å². The van der Waals surface area contributed by atoms with Crippen molar-refractivity contribution in [3.63, 3.8) is 0 Å². The highest BCUT2D eigenvalue weighted by Crippen LogP contribution is 2.24. The molecule has 124 valence electrons. The molecule has 0 aliphatic carbocycles. The molecule has 1 amide bonds. The number of nitrogens with two attached hydrogens (primary N) is 1. The van der Waals surface area contributed by atoms with Crippen molar-refractivity contribution in [2.24, 2.45) is 5.14 Å². The number of alkyl carbamates (subject to hydrolysis) is 1. The van der Waals surface area contributed by atoms with Gasteiger partial charge in [-0.25, -0.2) is 18.4 Å². The third-order valence-electron chi connectivity index (χ3n) is 2.38. The lowest BCUT2D eigenvalue weighted by atomic mass is 10.2. The molecule has 0 aromatic heterocycles. The molecule has 0 heterocycles. The minimum Gasteiger partial charge on any atom is -0.444 e. The normalized spacial score (nSPS) is 11.9. The molecule has 0 saturated carbocycles. The Morgan fingerprint density at radius 2 is 1.95 bits per heavy atom. The maximum atomic E-state index is 11.4. The fraction of sp³-hybridized carbons (Fsp3) is 0.462. The lowest BCUT2D eigenvalue weighted by molar-refractivity contribution is 0.0530. The molecule has 0 radical (unpaired) electrons. The van der Waals surface area contributed by atoms with Crippen LogP contribution in [0.1, 0.15) is 20.8 Å². The minimum atomic E-state index is -3.73. The van der Waals surface area contributed by atoms with Gasteiger partial charge in [0, 0.05) is 23.2 Å². The average molecular weight is 394 g/mol. The number of nitrogens with one attached hydrogen (secondary N) is 2. The average Bonchev–Trinajstić information content (AvgIpc) is 2.32. The van der Waals surface area contributed by atoms with Gasteiger partial charge in [0.1, 0.15) is 5.60 Å². The summed E-state index contributed by atoms with van der Waals surface area (Å²) in [6, 6.07) is 4.42. The van der Waals surface area contributed by atoms with Gasteiger partial charge in [-0.3, -0.25) is 0 Å². The third kappa shape index (κ3) is 6.63. The van der Waals surface area contributed by atoms with Crippen LogP contribution in [-0.4, -0.2) is 33.2 Å². The quantitative estimate of drug-likeness (QED) is 0.662. The summed E-state index contributed by atoms with van der Waals surface area (Å²) in [5.41, 5.74) is 0.155. The molecule has 1 aromatic carbocycles. The van der Waals surface area contributed by atoms with Crippen molar-refractivity contribution in [3.8, 4) is 0 Å². The van der Waals surface area contributed by atoms with E-state index in [1.807, 2.05) is 0 Å². The summed E-state index contributed by atoms with van der Waals surface area (Å²) >= 11 is 3.27. The molecule has 7 nitrogen and oxygen atoms in total. The largest absolute Gasteiger partial charge is 0.444 e. The minimum absolute atomic E-state index is 0.0248. The fourth-order valence-electron chi connectivity index (χ4n) is 1.49. The van der Waals surface area contributed by atoms with Gasteiger partial charge in [-0.2, -0.15) is 0 Å². The number of ether oxygens (including phenoxy) is 1. The first-order valence-corrected chi connectivity index (χ1v) is 8.86. The van der Waals surface area contributed by atoms with Crippen molar-refractivity contribution in [1.82, 2.24) is 5.32 Å². The molecule has 0 saturated heterocycles. The van der Waals surface area contributed by atoms with Gasteiger partial charge in [0.15, 0.2) is 0 Å². The van der Waals surface area contributed by atoms with E-state index in [1.165, 1.54) is 12.1 Å². The summed E-state index contributed by atoms with van der Waals surface area (Å²) in [7, 11) is -3.73. The molecule has 0 aliphatic heterocycles. The van der Waals surface area contributed by atoms with Crippen LogP contribution >= 0.6 is 15.9 Å². The van der Waals surface area contributed by atoms with Gasteiger partial charge in [-0.15, -0.1) is 0 Å². The second kappa shape index (κ2) is 7.30. The summed E-state index contributed by atoms with van der Waals surface area (Å²) in [5, 5.41) is 10.7. The van der Waals surface area contributed by atoms with Gasteiger partial charge in [-0.1, -0.05) is 0 Å². The predicted molar refractivity (Wildman–Crippen MR) is 88.2 cm³/mol. The van der Waals surface area contributed by atoms with Crippen molar-refractivity contribution in [3.05, 3.63) is 22.7 Å². The molecule has 0 aliphatic rings. The Labute approximate surface area is 138 Å². The number of amides is 1. The van der Waals surface area contributed by atoms with Crippen molar-refractivity contribution in [2.45, 2.75) is 31.3 Å². The Morgan fingerprint density at radius 3 is 2.45 bits per heavy atom. The summed E-state index contributed by atoms with van der Waals surface area (Å²) < 4.78 is 28.1. The van der Waals surface area contributed by atoms with Gasteiger partial charge in [0.25, 0.3) is 0 Å². The van der Waals surface area contributed by atoms with Gasteiger partial charge >= 0.3 is 6.09 Å². The SMILES string of the molecule is CC(C)(C)OC(=O)NCCNc1ccc(S(N)(=O)=O)cc1Br. The summed E-state index contributed by atoms with van der Waals surface area (Å²) in [4.78, 5) is 11.5. The number of halogens is 1. The first-order valence-electron chi connectivity index (χ1n) is 6.52. The number of hydrogen-bond acceptors (Lipinski definition) is 5. The number of anilines is 1. The van der Waals surface area contributed by atoms with E-state index in [-0.39, 0.29) is 4.90 Å². The van der Waals surface area contributed by atoms with Gasteiger partial charge < -0.3 is 15.4 Å². The molecule has 1 rings (SSSR count). The zero-order valence-electron chi connectivity index (χ0n) is 12.6. The Morgan fingerprint density at radius 1 is 1.32 bits per heavy atom. The van der Waals surface area contributed by atoms with Crippen LogP contribution in [0.15, 0.2) is 27.6 Å². The molecule has 22 heavy (non-hydrogen) atoms. The molecule has 1 aromatic rings. The van der Waals surface area contributed by atoms with Crippen LogP contribution in [0.5, 0.6) is 0 Å². The molecular formula is C13H20BrN3O4S. The van der Waals surface area contributed by atoms with E-state index in [4.69, 9.17) is 9.88 Å². The van der Waals surface area contributed by atoms with Crippen molar-refractivity contribution >= 4 is 37.7 Å². The zero-order chi connectivity index (χ0) is 17.0. The second-order valence-corrected chi connectivity index (χ2v) is 7.96. The standard InChI is InChI=1S/C13H20BrN3O4S/c1-13(2,3)21-12(18)17-7-6-16-11-5-4-9(8-10(11)14)22(15,19)20/h4-5,8,16H,6-7H2,1-3H3,(H,17,18)(H2,15,19,20). The van der Waals surface area contributed by atoms with Gasteiger partial charge in [-0.05, 0) is 54.9 Å². The number of carbonyl (C=O) groups excluding carboxylic acids is 1. The lowest BCUT2D eigenvalue weighted by Crippen LogP contribution is -2.35. The fourth-order valence-corrected chi connectivity index (χ4v) is 2.70. The number of rotatable bonds is 5. The first kappa shape index (κ1) is 18.7. The summed E-state index contributed by atoms with van der Waals surface area (Å²) in [6.45, 7) is 6.17. The molecule has 4 N–H and O–H groups in total. The summed E-state index contributed by atoms with van der Waals surface area (Å²) in [6.07, 6.45) is -0.488. The molecule has 0 fully saturated rings. The van der Waals surface area contributed by atoms with Crippen LogP contribution in [0.3, 0.4) is 0 Å². The highest BCUT2D eigenvalue weighted by Gasteiger charge is 2.15. The van der Waals surface area contributed by atoms with Gasteiger partial charge in [0.05, 0.1) is 4.90 Å². The first-order chi connectivity index (χ1) is 9.99. The van der Waals surface area contributed by atoms with Crippen LogP contribution in [0, 0.1) is 0 Å². The summed E-state index contributed by atoms with van der Waals surface area (Å²) in [5.74, 6) is 0. The maximum Gasteiger partial charge on any atom is 0.407 e. The highest BCUT2D eigenvalue weighted by atomic mass is 79.9. The third-order valence-corrected chi connectivity index (χ3v) is 3.94.